The first-order valence-corrected chi connectivity index (χ1v) is 6.02. The number of aromatic nitrogens is 1. The summed E-state index contributed by atoms with van der Waals surface area (Å²) in [6, 6.07) is 6.73. The number of benzene rings is 1. The Labute approximate surface area is 119 Å². The summed E-state index contributed by atoms with van der Waals surface area (Å²) in [4.78, 5) is 17.0. The van der Waals surface area contributed by atoms with Gasteiger partial charge in [-0.1, -0.05) is 11.6 Å². The lowest BCUT2D eigenvalue weighted by Crippen LogP contribution is -2.24. The van der Waals surface area contributed by atoms with Gasteiger partial charge in [-0.25, -0.2) is 9.37 Å². The Morgan fingerprint density at radius 3 is 2.75 bits per heavy atom. The molecule has 0 radical (unpaired) electrons. The van der Waals surface area contributed by atoms with Crippen LogP contribution in [0.2, 0.25) is 5.02 Å². The third-order valence-corrected chi connectivity index (χ3v) is 2.74. The molecule has 2 rings (SSSR count). The Bertz CT molecular complexity index is 631. The zero-order valence-corrected chi connectivity index (χ0v) is 11.2. The molecule has 2 aromatic rings. The summed E-state index contributed by atoms with van der Waals surface area (Å²) in [6.07, 6.45) is 1.41. The van der Waals surface area contributed by atoms with E-state index in [1.807, 2.05) is 5.48 Å². The molecule has 1 aromatic carbocycles. The van der Waals surface area contributed by atoms with E-state index in [-0.39, 0.29) is 22.4 Å². The lowest BCUT2D eigenvalue weighted by atomic mass is 10.2. The van der Waals surface area contributed by atoms with Gasteiger partial charge in [0.25, 0.3) is 0 Å². The van der Waals surface area contributed by atoms with E-state index in [9.17, 15) is 9.18 Å². The normalized spacial score (nSPS) is 10.2. The van der Waals surface area contributed by atoms with E-state index in [1.165, 1.54) is 42.3 Å². The van der Waals surface area contributed by atoms with Gasteiger partial charge >= 0.3 is 0 Å². The third kappa shape index (κ3) is 3.04. The first kappa shape index (κ1) is 14.2. The second-order valence-corrected chi connectivity index (χ2v) is 4.43. The minimum atomic E-state index is -0.560. The topological polar surface area (TPSA) is 65.5 Å². The number of carbonyl (C=O) groups is 1. The monoisotopic (exact) mass is 295 g/mol. The van der Waals surface area contributed by atoms with Gasteiger partial charge < -0.3 is 0 Å². The van der Waals surface area contributed by atoms with Gasteiger partial charge in [-0.05, 0) is 24.3 Å². The maximum Gasteiger partial charge on any atom is 0.229 e. The highest BCUT2D eigenvalue weighted by Crippen LogP contribution is 2.28. The molecule has 104 valence electrons. The molecule has 2 N–H and O–H groups in total. The van der Waals surface area contributed by atoms with Gasteiger partial charge in [0.1, 0.15) is 11.6 Å². The molecular formula is C13H11ClFN3O2. The Hall–Kier alpha value is -2.18. The first-order valence-electron chi connectivity index (χ1n) is 5.64. The lowest BCUT2D eigenvalue weighted by Gasteiger charge is -2.21. The van der Waals surface area contributed by atoms with Crippen LogP contribution in [-0.4, -0.2) is 16.1 Å². The maximum absolute atomic E-state index is 13.4. The average molecular weight is 296 g/mol. The minimum Gasteiger partial charge on any atom is -0.291 e. The summed E-state index contributed by atoms with van der Waals surface area (Å²) in [5, 5.41) is 9.05. The summed E-state index contributed by atoms with van der Waals surface area (Å²) in [6.45, 7) is 1.32. The van der Waals surface area contributed by atoms with Crippen LogP contribution in [0.3, 0.4) is 0 Å². The van der Waals surface area contributed by atoms with Crippen LogP contribution >= 0.6 is 11.6 Å². The summed E-state index contributed by atoms with van der Waals surface area (Å²) in [5.41, 5.74) is 2.56. The van der Waals surface area contributed by atoms with E-state index in [2.05, 4.69) is 4.98 Å². The van der Waals surface area contributed by atoms with Crippen molar-refractivity contribution in [3.05, 3.63) is 47.4 Å². The number of pyridine rings is 1. The number of anilines is 3. The molecule has 0 atom stereocenters. The molecule has 0 saturated carbocycles. The fraction of sp³-hybridized carbons (Fsp3) is 0.0769. The van der Waals surface area contributed by atoms with Crippen molar-refractivity contribution in [1.29, 1.82) is 0 Å². The number of amides is 1. The quantitative estimate of drug-likeness (QED) is 0.852. The molecule has 1 aromatic heterocycles. The zero-order chi connectivity index (χ0) is 14.7. The van der Waals surface area contributed by atoms with Crippen molar-refractivity contribution in [2.75, 3.05) is 10.4 Å². The molecular weight excluding hydrogens is 285 g/mol. The molecule has 0 unspecified atom stereocenters. The standard InChI is InChI=1S/C13H11ClFN3O2/c1-8(19)18(12-5-9(14)4-10(15)6-12)13-7-11(17-20)2-3-16-13/h2-7,20H,1H3,(H,16,17). The van der Waals surface area contributed by atoms with E-state index in [0.717, 1.165) is 6.07 Å². The third-order valence-electron chi connectivity index (χ3n) is 2.52. The van der Waals surface area contributed by atoms with E-state index < -0.39 is 5.82 Å². The van der Waals surface area contributed by atoms with Gasteiger partial charge in [0.2, 0.25) is 5.91 Å². The molecule has 1 heterocycles. The van der Waals surface area contributed by atoms with Crippen LogP contribution in [0.5, 0.6) is 0 Å². The van der Waals surface area contributed by atoms with Gasteiger partial charge in [0, 0.05) is 24.2 Å². The number of rotatable bonds is 3. The van der Waals surface area contributed by atoms with Crippen LogP contribution in [0.1, 0.15) is 6.92 Å². The summed E-state index contributed by atoms with van der Waals surface area (Å²) in [5.74, 6) is -0.692. The van der Waals surface area contributed by atoms with E-state index in [1.54, 1.807) is 0 Å². The van der Waals surface area contributed by atoms with Crippen molar-refractivity contribution in [2.45, 2.75) is 6.92 Å². The molecule has 0 fully saturated rings. The molecule has 0 aliphatic heterocycles. The fourth-order valence-electron chi connectivity index (χ4n) is 1.75. The van der Waals surface area contributed by atoms with Gasteiger partial charge in [-0.2, -0.15) is 0 Å². The lowest BCUT2D eigenvalue weighted by molar-refractivity contribution is -0.115. The molecule has 0 aliphatic rings. The second-order valence-electron chi connectivity index (χ2n) is 4.00. The van der Waals surface area contributed by atoms with Crippen molar-refractivity contribution in [3.8, 4) is 0 Å². The predicted octanol–water partition coefficient (Wildman–Crippen LogP) is 3.36. The number of halogens is 2. The molecule has 1 amide bonds. The average Bonchev–Trinajstić information content (AvgIpc) is 2.37. The number of nitrogens with one attached hydrogen (secondary N) is 1. The highest BCUT2D eigenvalue weighted by Gasteiger charge is 2.17. The maximum atomic E-state index is 13.4. The molecule has 20 heavy (non-hydrogen) atoms. The largest absolute Gasteiger partial charge is 0.291 e. The highest BCUT2D eigenvalue weighted by atomic mass is 35.5. The van der Waals surface area contributed by atoms with Crippen molar-refractivity contribution in [2.24, 2.45) is 0 Å². The molecule has 0 aliphatic carbocycles. The minimum absolute atomic E-state index is 0.169. The number of nitrogens with zero attached hydrogens (tertiary/aromatic N) is 2. The SMILES string of the molecule is CC(=O)N(c1cc(F)cc(Cl)c1)c1cc(NO)ccn1. The molecule has 7 heteroatoms. The van der Waals surface area contributed by atoms with E-state index in [0.29, 0.717) is 5.69 Å². The molecule has 0 spiro atoms. The Morgan fingerprint density at radius 1 is 1.40 bits per heavy atom. The summed E-state index contributed by atoms with van der Waals surface area (Å²) >= 11 is 5.79. The Balaban J connectivity index is 2.53. The Morgan fingerprint density at radius 2 is 2.15 bits per heavy atom. The molecule has 0 bridgehead atoms. The highest BCUT2D eigenvalue weighted by molar-refractivity contribution is 6.31. The molecule has 0 saturated heterocycles. The van der Waals surface area contributed by atoms with Crippen LogP contribution in [-0.2, 0) is 4.79 Å². The Kier molecular flexibility index (Phi) is 4.16. The van der Waals surface area contributed by atoms with Gasteiger partial charge in [-0.15, -0.1) is 0 Å². The fourth-order valence-corrected chi connectivity index (χ4v) is 1.97. The second kappa shape index (κ2) is 5.85. The van der Waals surface area contributed by atoms with Gasteiger partial charge in [0.15, 0.2) is 0 Å². The zero-order valence-electron chi connectivity index (χ0n) is 10.5. The van der Waals surface area contributed by atoms with Crippen LogP contribution in [0.25, 0.3) is 0 Å². The number of hydrogen-bond acceptors (Lipinski definition) is 4. The van der Waals surface area contributed by atoms with Crippen molar-refractivity contribution in [1.82, 2.24) is 4.98 Å². The molecule has 5 nitrogen and oxygen atoms in total. The van der Waals surface area contributed by atoms with E-state index in [4.69, 9.17) is 16.8 Å². The van der Waals surface area contributed by atoms with Crippen LogP contribution in [0.4, 0.5) is 21.6 Å². The van der Waals surface area contributed by atoms with Gasteiger partial charge in [0.05, 0.1) is 11.4 Å². The van der Waals surface area contributed by atoms with Crippen LogP contribution in [0.15, 0.2) is 36.5 Å². The van der Waals surface area contributed by atoms with Crippen molar-refractivity contribution >= 4 is 34.7 Å². The van der Waals surface area contributed by atoms with Gasteiger partial charge in [-0.3, -0.25) is 20.4 Å². The smallest absolute Gasteiger partial charge is 0.229 e. The predicted molar refractivity (Wildman–Crippen MR) is 73.9 cm³/mol. The van der Waals surface area contributed by atoms with Crippen molar-refractivity contribution < 1.29 is 14.4 Å². The van der Waals surface area contributed by atoms with Crippen LogP contribution < -0.4 is 10.4 Å². The van der Waals surface area contributed by atoms with Crippen LogP contribution in [0, 0.1) is 5.82 Å². The summed E-state index contributed by atoms with van der Waals surface area (Å²) in [7, 11) is 0. The van der Waals surface area contributed by atoms with Crippen molar-refractivity contribution in [3.63, 3.8) is 0 Å². The van der Waals surface area contributed by atoms with E-state index >= 15 is 0 Å². The first-order chi connectivity index (χ1) is 9.51. The summed E-state index contributed by atoms with van der Waals surface area (Å²) < 4.78 is 13.4. The number of carbonyl (C=O) groups excluding carboxylic acids is 1. The number of hydrogen-bond donors (Lipinski definition) is 2.